The fourth-order valence-electron chi connectivity index (χ4n) is 4.30. The molecule has 1 heterocycles. The van der Waals surface area contributed by atoms with Crippen LogP contribution >= 0.6 is 15.9 Å². The second kappa shape index (κ2) is 10.1. The quantitative estimate of drug-likeness (QED) is 0.361. The van der Waals surface area contributed by atoms with Gasteiger partial charge in [-0.25, -0.2) is 4.39 Å². The van der Waals surface area contributed by atoms with Crippen LogP contribution < -0.4 is 14.2 Å². The lowest BCUT2D eigenvalue weighted by Crippen LogP contribution is -2.35. The molecular formula is C27H27BrFNO4. The van der Waals surface area contributed by atoms with Gasteiger partial charge in [0.05, 0.1) is 26.3 Å². The molecule has 1 aliphatic heterocycles. The van der Waals surface area contributed by atoms with Gasteiger partial charge in [0.2, 0.25) is 0 Å². The van der Waals surface area contributed by atoms with Crippen molar-refractivity contribution < 1.29 is 23.4 Å². The maximum atomic E-state index is 13.8. The first-order valence-electron chi connectivity index (χ1n) is 11.0. The molecule has 0 radical (unpaired) electrons. The van der Waals surface area contributed by atoms with Crippen molar-refractivity contribution in [1.29, 1.82) is 0 Å². The summed E-state index contributed by atoms with van der Waals surface area (Å²) in [6, 6.07) is 14.1. The monoisotopic (exact) mass is 527 g/mol. The molecule has 178 valence electrons. The molecule has 7 heteroatoms. The van der Waals surface area contributed by atoms with E-state index < -0.39 is 0 Å². The molecule has 3 aromatic rings. The first-order valence-corrected chi connectivity index (χ1v) is 12.1. The minimum absolute atomic E-state index is 0.120. The maximum absolute atomic E-state index is 13.8. The molecule has 0 fully saturated rings. The number of amides is 1. The number of benzene rings is 3. The largest absolute Gasteiger partial charge is 0.497 e. The van der Waals surface area contributed by atoms with Crippen LogP contribution in [0.4, 0.5) is 4.39 Å². The number of hydrogen-bond acceptors (Lipinski definition) is 4. The van der Waals surface area contributed by atoms with Crippen molar-refractivity contribution in [3.63, 3.8) is 0 Å². The Labute approximate surface area is 207 Å². The van der Waals surface area contributed by atoms with E-state index in [9.17, 15) is 9.18 Å². The van der Waals surface area contributed by atoms with E-state index in [1.807, 2.05) is 38.1 Å². The van der Waals surface area contributed by atoms with E-state index in [1.54, 1.807) is 31.3 Å². The summed E-state index contributed by atoms with van der Waals surface area (Å²) < 4.78 is 30.9. The van der Waals surface area contributed by atoms with Crippen LogP contribution in [0, 0.1) is 12.7 Å². The molecule has 1 aliphatic rings. The van der Waals surface area contributed by atoms with Gasteiger partial charge in [-0.2, -0.15) is 0 Å². The Kier molecular flexibility index (Phi) is 7.12. The van der Waals surface area contributed by atoms with Gasteiger partial charge in [-0.05, 0) is 72.5 Å². The highest BCUT2D eigenvalue weighted by molar-refractivity contribution is 9.08. The first kappa shape index (κ1) is 24.1. The zero-order chi connectivity index (χ0) is 24.4. The predicted molar refractivity (Wildman–Crippen MR) is 134 cm³/mol. The van der Waals surface area contributed by atoms with E-state index in [0.717, 1.165) is 27.8 Å². The fourth-order valence-corrected chi connectivity index (χ4v) is 4.62. The van der Waals surface area contributed by atoms with Gasteiger partial charge in [0, 0.05) is 23.5 Å². The predicted octanol–water partition coefficient (Wildman–Crippen LogP) is 6.14. The first-order chi connectivity index (χ1) is 16.3. The molecule has 34 heavy (non-hydrogen) atoms. The van der Waals surface area contributed by atoms with Gasteiger partial charge in [-0.3, -0.25) is 4.79 Å². The lowest BCUT2D eigenvalue weighted by Gasteiger charge is -2.23. The Bertz CT molecular complexity index is 1210. The van der Waals surface area contributed by atoms with Gasteiger partial charge in [-0.1, -0.05) is 22.0 Å². The van der Waals surface area contributed by atoms with Crippen LogP contribution in [-0.4, -0.2) is 37.7 Å². The summed E-state index contributed by atoms with van der Waals surface area (Å²) in [5, 5.41) is 0.573. The summed E-state index contributed by atoms with van der Waals surface area (Å²) in [6.45, 7) is 4.60. The molecule has 0 bridgehead atoms. The van der Waals surface area contributed by atoms with E-state index in [0.29, 0.717) is 41.2 Å². The number of fused-ring (bicyclic) bond motifs is 1. The molecule has 5 nitrogen and oxygen atoms in total. The van der Waals surface area contributed by atoms with Crippen LogP contribution in [0.25, 0.3) is 11.1 Å². The number of hydrogen-bond donors (Lipinski definition) is 0. The summed E-state index contributed by atoms with van der Waals surface area (Å²) in [6.07, 6.45) is -0.243. The number of carbonyl (C=O) groups is 1. The SMILES string of the molecule is COc1cc(CN2C[C@@H](C)Oc3c(cc(CBr)cc3-c3ccc(F)cc3C)C2=O)cc(OC)c1. The average Bonchev–Trinajstić information content (AvgIpc) is 2.94. The van der Waals surface area contributed by atoms with Crippen LogP contribution in [0.15, 0.2) is 48.5 Å². The molecule has 1 atom stereocenters. The molecule has 1 amide bonds. The van der Waals surface area contributed by atoms with Crippen molar-refractivity contribution in [1.82, 2.24) is 4.90 Å². The number of alkyl halides is 1. The van der Waals surface area contributed by atoms with Gasteiger partial charge in [0.25, 0.3) is 5.91 Å². The van der Waals surface area contributed by atoms with Crippen LogP contribution in [-0.2, 0) is 11.9 Å². The Hall–Kier alpha value is -3.06. The topological polar surface area (TPSA) is 48.0 Å². The van der Waals surface area contributed by atoms with Crippen molar-refractivity contribution >= 4 is 21.8 Å². The zero-order valence-electron chi connectivity index (χ0n) is 19.7. The molecule has 0 aromatic heterocycles. The summed E-state index contributed by atoms with van der Waals surface area (Å²) in [4.78, 5) is 15.6. The third-order valence-corrected chi connectivity index (χ3v) is 6.53. The summed E-state index contributed by atoms with van der Waals surface area (Å²) in [7, 11) is 3.20. The molecule has 0 saturated heterocycles. The van der Waals surface area contributed by atoms with E-state index >= 15 is 0 Å². The Morgan fingerprint density at radius 3 is 2.29 bits per heavy atom. The molecule has 0 spiro atoms. The lowest BCUT2D eigenvalue weighted by molar-refractivity contribution is 0.0706. The molecule has 0 aliphatic carbocycles. The number of rotatable bonds is 6. The van der Waals surface area contributed by atoms with Gasteiger partial charge < -0.3 is 19.1 Å². The lowest BCUT2D eigenvalue weighted by atomic mass is 9.95. The summed E-state index contributed by atoms with van der Waals surface area (Å²) >= 11 is 3.52. The molecule has 0 N–H and O–H groups in total. The number of carbonyl (C=O) groups excluding carboxylic acids is 1. The number of nitrogens with zero attached hydrogens (tertiary/aromatic N) is 1. The molecule has 0 saturated carbocycles. The van der Waals surface area contributed by atoms with Crippen LogP contribution in [0.5, 0.6) is 17.2 Å². The standard InChI is InChI=1S/C27H27BrFNO4/c1-16-7-20(29)5-6-23(16)24-10-18(13-28)11-25-26(24)34-17(2)14-30(27(25)31)15-19-8-21(32-3)12-22(9-19)33-4/h5-12,17H,13-15H2,1-4H3/t17-/m1/s1. The third kappa shape index (κ3) is 4.89. The van der Waals surface area contributed by atoms with Gasteiger partial charge >= 0.3 is 0 Å². The zero-order valence-corrected chi connectivity index (χ0v) is 21.2. The Balaban J connectivity index is 1.79. The third-order valence-electron chi connectivity index (χ3n) is 5.88. The highest BCUT2D eigenvalue weighted by atomic mass is 79.9. The van der Waals surface area contributed by atoms with E-state index in [2.05, 4.69) is 15.9 Å². The van der Waals surface area contributed by atoms with Crippen LogP contribution in [0.2, 0.25) is 0 Å². The molecule has 4 rings (SSSR count). The Morgan fingerprint density at radius 2 is 1.68 bits per heavy atom. The van der Waals surface area contributed by atoms with Crippen molar-refractivity contribution in [2.24, 2.45) is 0 Å². The number of methoxy groups -OCH3 is 2. The van der Waals surface area contributed by atoms with Crippen molar-refractivity contribution in [3.05, 3.63) is 76.6 Å². The molecule has 0 unspecified atom stereocenters. The minimum Gasteiger partial charge on any atom is -0.497 e. The van der Waals surface area contributed by atoms with E-state index in [4.69, 9.17) is 14.2 Å². The second-order valence-corrected chi connectivity index (χ2v) is 9.01. The smallest absolute Gasteiger partial charge is 0.258 e. The highest BCUT2D eigenvalue weighted by Crippen LogP contribution is 2.40. The summed E-state index contributed by atoms with van der Waals surface area (Å²) in [5.41, 5.74) is 4.73. The van der Waals surface area contributed by atoms with Crippen molar-refractivity contribution in [2.45, 2.75) is 31.8 Å². The van der Waals surface area contributed by atoms with Crippen LogP contribution in [0.3, 0.4) is 0 Å². The van der Waals surface area contributed by atoms with E-state index in [1.165, 1.54) is 12.1 Å². The molecule has 3 aromatic carbocycles. The maximum Gasteiger partial charge on any atom is 0.258 e. The van der Waals surface area contributed by atoms with Gasteiger partial charge in [0.15, 0.2) is 0 Å². The average molecular weight is 528 g/mol. The van der Waals surface area contributed by atoms with Gasteiger partial charge in [-0.15, -0.1) is 0 Å². The number of halogens is 2. The van der Waals surface area contributed by atoms with Crippen molar-refractivity contribution in [3.8, 4) is 28.4 Å². The van der Waals surface area contributed by atoms with E-state index in [-0.39, 0.29) is 17.8 Å². The normalized spacial score (nSPS) is 15.4. The Morgan fingerprint density at radius 1 is 1.00 bits per heavy atom. The van der Waals surface area contributed by atoms with Crippen molar-refractivity contribution in [2.75, 3.05) is 20.8 Å². The number of aryl methyl sites for hydroxylation is 1. The van der Waals surface area contributed by atoms with Gasteiger partial charge in [0.1, 0.15) is 29.2 Å². The molecular weight excluding hydrogens is 501 g/mol. The summed E-state index contributed by atoms with van der Waals surface area (Å²) in [5.74, 6) is 1.44. The highest BCUT2D eigenvalue weighted by Gasteiger charge is 2.30. The fraction of sp³-hybridized carbons (Fsp3) is 0.296. The number of ether oxygens (including phenoxy) is 3. The van der Waals surface area contributed by atoms with Crippen LogP contribution in [0.1, 0.15) is 34.0 Å². The minimum atomic E-state index is -0.297. The second-order valence-electron chi connectivity index (χ2n) is 8.45.